The zero-order chi connectivity index (χ0) is 17.3. The number of anilines is 1. The quantitative estimate of drug-likeness (QED) is 0.870. The molecule has 1 aliphatic carbocycles. The Kier molecular flexibility index (Phi) is 4.90. The molecule has 1 aromatic heterocycles. The third-order valence-electron chi connectivity index (χ3n) is 4.51. The molecule has 1 heterocycles. The fourth-order valence-electron chi connectivity index (χ4n) is 3.04. The standard InChI is InChI=1S/C19H24N2O2S/c1-13-9-18(14(2)21(13)11-15-7-8-15)19(22)20-17-6-4-5-16(10-17)12-24(3)23/h4-6,9-10,15H,7-8,11-12H2,1-3H3,(H,20,22)/t24-/m0/s1. The predicted octanol–water partition coefficient (Wildman–Crippen LogP) is 3.65. The van der Waals surface area contributed by atoms with Crippen molar-refractivity contribution in [2.75, 3.05) is 11.6 Å². The maximum atomic E-state index is 12.7. The first-order valence-electron chi connectivity index (χ1n) is 8.31. The lowest BCUT2D eigenvalue weighted by molar-refractivity contribution is 0.102. The zero-order valence-electron chi connectivity index (χ0n) is 14.5. The summed E-state index contributed by atoms with van der Waals surface area (Å²) in [6.45, 7) is 5.09. The van der Waals surface area contributed by atoms with Crippen molar-refractivity contribution in [3.63, 3.8) is 0 Å². The van der Waals surface area contributed by atoms with Gasteiger partial charge in [-0.3, -0.25) is 9.00 Å². The number of nitrogens with zero attached hydrogens (tertiary/aromatic N) is 1. The van der Waals surface area contributed by atoms with Crippen molar-refractivity contribution < 1.29 is 9.00 Å². The smallest absolute Gasteiger partial charge is 0.257 e. The Morgan fingerprint density at radius 3 is 2.71 bits per heavy atom. The van der Waals surface area contributed by atoms with Crippen LogP contribution < -0.4 is 5.32 Å². The fourth-order valence-corrected chi connectivity index (χ4v) is 3.69. The number of carbonyl (C=O) groups is 1. The first kappa shape index (κ1) is 17.0. The number of carbonyl (C=O) groups excluding carboxylic acids is 1. The molecule has 0 spiro atoms. The highest BCUT2D eigenvalue weighted by atomic mass is 32.2. The lowest BCUT2D eigenvalue weighted by Gasteiger charge is -2.10. The Labute approximate surface area is 145 Å². The van der Waals surface area contributed by atoms with Crippen LogP contribution in [0.3, 0.4) is 0 Å². The summed E-state index contributed by atoms with van der Waals surface area (Å²) in [5.74, 6) is 1.19. The van der Waals surface area contributed by atoms with Gasteiger partial charge in [-0.25, -0.2) is 0 Å². The molecule has 1 aliphatic rings. The maximum absolute atomic E-state index is 12.7. The van der Waals surface area contributed by atoms with Crippen molar-refractivity contribution in [1.82, 2.24) is 4.57 Å². The Morgan fingerprint density at radius 1 is 1.29 bits per heavy atom. The van der Waals surface area contributed by atoms with Crippen LogP contribution in [0.15, 0.2) is 30.3 Å². The second-order valence-corrected chi connectivity index (χ2v) is 8.15. The van der Waals surface area contributed by atoms with Crippen molar-refractivity contribution in [2.45, 2.75) is 39.0 Å². The predicted molar refractivity (Wildman–Crippen MR) is 98.8 cm³/mol. The summed E-state index contributed by atoms with van der Waals surface area (Å²) in [6.07, 6.45) is 4.27. The number of rotatable bonds is 6. The number of nitrogens with one attached hydrogen (secondary N) is 1. The van der Waals surface area contributed by atoms with E-state index in [9.17, 15) is 9.00 Å². The Bertz CT molecular complexity index is 791. The van der Waals surface area contributed by atoms with E-state index < -0.39 is 10.8 Å². The van der Waals surface area contributed by atoms with E-state index in [1.165, 1.54) is 12.8 Å². The number of benzene rings is 1. The molecular formula is C19H24N2O2S. The molecule has 0 saturated heterocycles. The van der Waals surface area contributed by atoms with Gasteiger partial charge in [0.25, 0.3) is 5.91 Å². The van der Waals surface area contributed by atoms with E-state index in [4.69, 9.17) is 0 Å². The largest absolute Gasteiger partial charge is 0.348 e. The molecule has 0 aliphatic heterocycles. The molecule has 1 aromatic carbocycles. The second-order valence-electron chi connectivity index (χ2n) is 6.71. The van der Waals surface area contributed by atoms with Crippen LogP contribution in [-0.4, -0.2) is 20.9 Å². The summed E-state index contributed by atoms with van der Waals surface area (Å²) in [6, 6.07) is 9.54. The van der Waals surface area contributed by atoms with E-state index >= 15 is 0 Å². The Morgan fingerprint density at radius 2 is 2.04 bits per heavy atom. The van der Waals surface area contributed by atoms with Crippen molar-refractivity contribution in [3.8, 4) is 0 Å². The van der Waals surface area contributed by atoms with E-state index in [1.54, 1.807) is 6.26 Å². The highest BCUT2D eigenvalue weighted by molar-refractivity contribution is 7.83. The third-order valence-corrected chi connectivity index (χ3v) is 5.25. The van der Waals surface area contributed by atoms with Gasteiger partial charge in [-0.05, 0) is 56.4 Å². The molecular weight excluding hydrogens is 320 g/mol. The van der Waals surface area contributed by atoms with Crippen LogP contribution in [0.4, 0.5) is 5.69 Å². The molecule has 0 radical (unpaired) electrons. The molecule has 5 heteroatoms. The molecule has 3 rings (SSSR count). The highest BCUT2D eigenvalue weighted by Crippen LogP contribution is 2.32. The minimum Gasteiger partial charge on any atom is -0.348 e. The lowest BCUT2D eigenvalue weighted by Crippen LogP contribution is -2.14. The molecule has 4 nitrogen and oxygen atoms in total. The van der Waals surface area contributed by atoms with Crippen LogP contribution in [0, 0.1) is 19.8 Å². The average molecular weight is 344 g/mol. The average Bonchev–Trinajstić information content (AvgIpc) is 3.28. The van der Waals surface area contributed by atoms with Crippen molar-refractivity contribution in [3.05, 3.63) is 52.8 Å². The summed E-state index contributed by atoms with van der Waals surface area (Å²) in [5.41, 5.74) is 4.61. The summed E-state index contributed by atoms with van der Waals surface area (Å²) in [7, 11) is -0.893. The first-order chi connectivity index (χ1) is 11.4. The minimum atomic E-state index is -0.893. The van der Waals surface area contributed by atoms with Crippen LogP contribution in [0.1, 0.15) is 40.2 Å². The third kappa shape index (κ3) is 3.96. The Balaban J connectivity index is 1.76. The monoisotopic (exact) mass is 344 g/mol. The van der Waals surface area contributed by atoms with E-state index in [-0.39, 0.29) is 5.91 Å². The van der Waals surface area contributed by atoms with E-state index in [2.05, 4.69) is 16.8 Å². The summed E-state index contributed by atoms with van der Waals surface area (Å²) in [5, 5.41) is 2.97. The number of amides is 1. The normalized spacial score (nSPS) is 15.3. The number of hydrogen-bond donors (Lipinski definition) is 1. The summed E-state index contributed by atoms with van der Waals surface area (Å²) in [4.78, 5) is 12.7. The van der Waals surface area contributed by atoms with Gasteiger partial charge in [0.15, 0.2) is 0 Å². The lowest BCUT2D eigenvalue weighted by atomic mass is 10.2. The summed E-state index contributed by atoms with van der Waals surface area (Å²) < 4.78 is 13.6. The van der Waals surface area contributed by atoms with Crippen molar-refractivity contribution in [1.29, 1.82) is 0 Å². The van der Waals surface area contributed by atoms with Gasteiger partial charge < -0.3 is 9.88 Å². The van der Waals surface area contributed by atoms with Gasteiger partial charge >= 0.3 is 0 Å². The maximum Gasteiger partial charge on any atom is 0.257 e. The van der Waals surface area contributed by atoms with Gasteiger partial charge in [0.05, 0.1) is 5.56 Å². The number of hydrogen-bond acceptors (Lipinski definition) is 2. The molecule has 0 bridgehead atoms. The van der Waals surface area contributed by atoms with E-state index in [1.807, 2.05) is 37.3 Å². The van der Waals surface area contributed by atoms with Gasteiger partial charge in [0.1, 0.15) is 0 Å². The Hall–Kier alpha value is -1.88. The zero-order valence-corrected chi connectivity index (χ0v) is 15.3. The second kappa shape index (κ2) is 6.93. The molecule has 1 atom stereocenters. The SMILES string of the molecule is Cc1cc(C(=O)Nc2cccc(C[S@](C)=O)c2)c(C)n1CC1CC1. The van der Waals surface area contributed by atoms with Gasteiger partial charge in [0.2, 0.25) is 0 Å². The summed E-state index contributed by atoms with van der Waals surface area (Å²) >= 11 is 0. The van der Waals surface area contributed by atoms with E-state index in [0.29, 0.717) is 5.75 Å². The first-order valence-corrected chi connectivity index (χ1v) is 10.0. The van der Waals surface area contributed by atoms with Gasteiger partial charge in [-0.15, -0.1) is 0 Å². The van der Waals surface area contributed by atoms with Crippen LogP contribution in [-0.2, 0) is 23.1 Å². The molecule has 1 saturated carbocycles. The van der Waals surface area contributed by atoms with Crippen LogP contribution in [0.5, 0.6) is 0 Å². The molecule has 128 valence electrons. The van der Waals surface area contributed by atoms with Crippen molar-refractivity contribution >= 4 is 22.4 Å². The molecule has 1 fully saturated rings. The number of aryl methyl sites for hydroxylation is 1. The molecule has 1 amide bonds. The van der Waals surface area contributed by atoms with Gasteiger partial charge in [0, 0.05) is 46.4 Å². The number of aromatic nitrogens is 1. The van der Waals surface area contributed by atoms with Crippen LogP contribution >= 0.6 is 0 Å². The molecule has 0 unspecified atom stereocenters. The minimum absolute atomic E-state index is 0.0834. The topological polar surface area (TPSA) is 51.1 Å². The van der Waals surface area contributed by atoms with Gasteiger partial charge in [-0.2, -0.15) is 0 Å². The highest BCUT2D eigenvalue weighted by Gasteiger charge is 2.24. The van der Waals surface area contributed by atoms with Gasteiger partial charge in [-0.1, -0.05) is 12.1 Å². The molecule has 1 N–H and O–H groups in total. The van der Waals surface area contributed by atoms with Crippen molar-refractivity contribution in [2.24, 2.45) is 5.92 Å². The van der Waals surface area contributed by atoms with E-state index in [0.717, 1.165) is 40.7 Å². The van der Waals surface area contributed by atoms with Crippen LogP contribution in [0.25, 0.3) is 0 Å². The molecule has 24 heavy (non-hydrogen) atoms. The van der Waals surface area contributed by atoms with Crippen LogP contribution in [0.2, 0.25) is 0 Å². The fraction of sp³-hybridized carbons (Fsp3) is 0.421. The molecule has 2 aromatic rings.